The number of carbonyl (C=O) groups excluding carboxylic acids is 1. The Morgan fingerprint density at radius 3 is 2.88 bits per heavy atom. The average molecular weight is 363 g/mol. The Morgan fingerprint density at radius 2 is 2.12 bits per heavy atom. The molecule has 0 bridgehead atoms. The van der Waals surface area contributed by atoms with E-state index in [-0.39, 0.29) is 17.5 Å². The lowest BCUT2D eigenvalue weighted by Crippen LogP contribution is -2.24. The number of carbonyl (C=O) groups is 1. The fourth-order valence-electron chi connectivity index (χ4n) is 1.90. The molecule has 124 valence electrons. The van der Waals surface area contributed by atoms with Gasteiger partial charge in [0, 0.05) is 6.54 Å². The van der Waals surface area contributed by atoms with E-state index in [1.165, 1.54) is 23.9 Å². The predicted molar refractivity (Wildman–Crippen MR) is 92.0 cm³/mol. The zero-order valence-electron chi connectivity index (χ0n) is 12.6. The molecular weight excluding hydrogens is 349 g/mol. The number of nitrogens with zero attached hydrogens (tertiary/aromatic N) is 2. The van der Waals surface area contributed by atoms with Crippen LogP contribution >= 0.6 is 23.1 Å². The molecule has 0 aliphatic rings. The number of thiophene rings is 1. The molecule has 3 aromatic rings. The molecular formula is C16H14FN3O2S2. The van der Waals surface area contributed by atoms with Crippen molar-refractivity contribution in [2.24, 2.45) is 0 Å². The normalized spacial score (nSPS) is 10.7. The van der Waals surface area contributed by atoms with Crippen LogP contribution in [-0.2, 0) is 17.1 Å². The van der Waals surface area contributed by atoms with E-state index in [4.69, 9.17) is 4.52 Å². The molecule has 5 nitrogen and oxygen atoms in total. The molecule has 1 N–H and O–H groups in total. The standard InChI is InChI=1S/C16H14FN3O2S2/c17-12-5-3-11(4-6-12)8-18-14(21)9-23-10-15-19-16(20-22-15)13-2-1-7-24-13/h1-7H,8-10H2,(H,18,21). The second-order valence-corrected chi connectivity index (χ2v) is 6.82. The first-order valence-electron chi connectivity index (χ1n) is 7.16. The summed E-state index contributed by atoms with van der Waals surface area (Å²) in [5.74, 6) is 1.45. The first-order chi connectivity index (χ1) is 11.7. The van der Waals surface area contributed by atoms with Crippen LogP contribution in [0.1, 0.15) is 11.5 Å². The van der Waals surface area contributed by atoms with E-state index in [0.29, 0.717) is 24.0 Å². The summed E-state index contributed by atoms with van der Waals surface area (Å²) in [4.78, 5) is 17.0. The maximum absolute atomic E-state index is 12.8. The van der Waals surface area contributed by atoms with Gasteiger partial charge in [-0.1, -0.05) is 23.4 Å². The second kappa shape index (κ2) is 8.07. The highest BCUT2D eigenvalue weighted by Gasteiger charge is 2.10. The minimum Gasteiger partial charge on any atom is -0.351 e. The molecule has 0 fully saturated rings. The third kappa shape index (κ3) is 4.65. The van der Waals surface area contributed by atoms with Crippen LogP contribution in [0.25, 0.3) is 10.7 Å². The van der Waals surface area contributed by atoms with E-state index >= 15 is 0 Å². The zero-order chi connectivity index (χ0) is 16.8. The molecule has 1 amide bonds. The molecule has 8 heteroatoms. The molecule has 3 rings (SSSR count). The van der Waals surface area contributed by atoms with E-state index in [1.54, 1.807) is 23.5 Å². The predicted octanol–water partition coefficient (Wildman–Crippen LogP) is 3.49. The van der Waals surface area contributed by atoms with Crippen LogP contribution in [0, 0.1) is 5.82 Å². The van der Waals surface area contributed by atoms with Crippen molar-refractivity contribution in [2.75, 3.05) is 5.75 Å². The molecule has 1 aromatic carbocycles. The Bertz CT molecular complexity index is 788. The van der Waals surface area contributed by atoms with Crippen molar-refractivity contribution in [3.8, 4) is 10.7 Å². The minimum absolute atomic E-state index is 0.0951. The third-order valence-electron chi connectivity index (χ3n) is 3.07. The van der Waals surface area contributed by atoms with Crippen LogP contribution < -0.4 is 5.32 Å². The number of thioether (sulfide) groups is 1. The Labute approximate surface area is 146 Å². The summed E-state index contributed by atoms with van der Waals surface area (Å²) < 4.78 is 18.0. The van der Waals surface area contributed by atoms with Gasteiger partial charge in [-0.05, 0) is 29.1 Å². The van der Waals surface area contributed by atoms with Gasteiger partial charge < -0.3 is 9.84 Å². The summed E-state index contributed by atoms with van der Waals surface area (Å²) >= 11 is 2.94. The summed E-state index contributed by atoms with van der Waals surface area (Å²) in [5.41, 5.74) is 0.854. The fourth-order valence-corrected chi connectivity index (χ4v) is 3.23. The third-order valence-corrected chi connectivity index (χ3v) is 4.85. The summed E-state index contributed by atoms with van der Waals surface area (Å²) in [7, 11) is 0. The highest BCUT2D eigenvalue weighted by atomic mass is 32.2. The van der Waals surface area contributed by atoms with Gasteiger partial charge in [-0.3, -0.25) is 4.79 Å². The number of aromatic nitrogens is 2. The Kier molecular flexibility index (Phi) is 5.60. The first kappa shape index (κ1) is 16.7. The number of nitrogens with one attached hydrogen (secondary N) is 1. The van der Waals surface area contributed by atoms with Crippen LogP contribution in [0.2, 0.25) is 0 Å². The van der Waals surface area contributed by atoms with Crippen LogP contribution in [0.4, 0.5) is 4.39 Å². The molecule has 0 atom stereocenters. The topological polar surface area (TPSA) is 68.0 Å². The molecule has 2 heterocycles. The number of rotatable bonds is 7. The molecule has 0 aliphatic carbocycles. The van der Waals surface area contributed by atoms with Gasteiger partial charge in [0.1, 0.15) is 5.82 Å². The molecule has 0 saturated heterocycles. The highest BCUT2D eigenvalue weighted by Crippen LogP contribution is 2.22. The van der Waals surface area contributed by atoms with E-state index in [1.807, 2.05) is 17.5 Å². The van der Waals surface area contributed by atoms with Gasteiger partial charge in [0.2, 0.25) is 17.6 Å². The van der Waals surface area contributed by atoms with Crippen molar-refractivity contribution >= 4 is 29.0 Å². The SMILES string of the molecule is O=C(CSCc1nc(-c2cccs2)no1)NCc1ccc(F)cc1. The van der Waals surface area contributed by atoms with Gasteiger partial charge in [-0.15, -0.1) is 23.1 Å². The van der Waals surface area contributed by atoms with Crippen molar-refractivity contribution in [1.29, 1.82) is 0 Å². The van der Waals surface area contributed by atoms with Gasteiger partial charge in [0.15, 0.2) is 0 Å². The Hall–Kier alpha value is -2.19. The zero-order valence-corrected chi connectivity index (χ0v) is 14.2. The highest BCUT2D eigenvalue weighted by molar-refractivity contribution is 7.99. The average Bonchev–Trinajstić information content (AvgIpc) is 3.25. The smallest absolute Gasteiger partial charge is 0.236 e. The summed E-state index contributed by atoms with van der Waals surface area (Å²) in [6.07, 6.45) is 0. The van der Waals surface area contributed by atoms with Crippen molar-refractivity contribution < 1.29 is 13.7 Å². The Morgan fingerprint density at radius 1 is 1.29 bits per heavy atom. The second-order valence-electron chi connectivity index (χ2n) is 4.89. The molecule has 0 unspecified atom stereocenters. The van der Waals surface area contributed by atoms with E-state index in [0.717, 1.165) is 10.4 Å². The fraction of sp³-hybridized carbons (Fsp3) is 0.188. The largest absolute Gasteiger partial charge is 0.351 e. The molecule has 0 spiro atoms. The number of hydrogen-bond donors (Lipinski definition) is 1. The van der Waals surface area contributed by atoms with Gasteiger partial charge in [-0.2, -0.15) is 4.98 Å². The van der Waals surface area contributed by atoms with E-state index in [9.17, 15) is 9.18 Å². The van der Waals surface area contributed by atoms with Gasteiger partial charge in [0.05, 0.1) is 16.4 Å². The van der Waals surface area contributed by atoms with Crippen molar-refractivity contribution in [1.82, 2.24) is 15.5 Å². The number of halogens is 1. The summed E-state index contributed by atoms with van der Waals surface area (Å²) in [6, 6.07) is 9.89. The van der Waals surface area contributed by atoms with Gasteiger partial charge in [0.25, 0.3) is 0 Å². The maximum Gasteiger partial charge on any atom is 0.236 e. The van der Waals surface area contributed by atoms with Gasteiger partial charge >= 0.3 is 0 Å². The lowest BCUT2D eigenvalue weighted by molar-refractivity contribution is -0.118. The summed E-state index contributed by atoms with van der Waals surface area (Å²) in [6.45, 7) is 0.378. The molecule has 2 aromatic heterocycles. The van der Waals surface area contributed by atoms with E-state index in [2.05, 4.69) is 15.5 Å². The molecule has 0 saturated carbocycles. The van der Waals surface area contributed by atoms with E-state index < -0.39 is 0 Å². The maximum atomic E-state index is 12.8. The van der Waals surface area contributed by atoms with Crippen LogP contribution in [0.5, 0.6) is 0 Å². The summed E-state index contributed by atoms with van der Waals surface area (Å²) in [5, 5.41) is 8.65. The number of benzene rings is 1. The molecule has 24 heavy (non-hydrogen) atoms. The van der Waals surface area contributed by atoms with Crippen molar-refractivity contribution in [3.05, 3.63) is 59.0 Å². The quantitative estimate of drug-likeness (QED) is 0.696. The minimum atomic E-state index is -0.290. The lowest BCUT2D eigenvalue weighted by atomic mass is 10.2. The number of hydrogen-bond acceptors (Lipinski definition) is 6. The van der Waals surface area contributed by atoms with Crippen molar-refractivity contribution in [2.45, 2.75) is 12.3 Å². The van der Waals surface area contributed by atoms with Crippen LogP contribution in [-0.4, -0.2) is 21.8 Å². The molecule has 0 radical (unpaired) electrons. The van der Waals surface area contributed by atoms with Crippen LogP contribution in [0.3, 0.4) is 0 Å². The molecule has 0 aliphatic heterocycles. The van der Waals surface area contributed by atoms with Gasteiger partial charge in [-0.25, -0.2) is 4.39 Å². The lowest BCUT2D eigenvalue weighted by Gasteiger charge is -2.04. The Balaban J connectivity index is 1.40. The monoisotopic (exact) mass is 363 g/mol. The number of amides is 1. The first-order valence-corrected chi connectivity index (χ1v) is 9.19. The van der Waals surface area contributed by atoms with Crippen LogP contribution in [0.15, 0.2) is 46.3 Å². The van der Waals surface area contributed by atoms with Crippen molar-refractivity contribution in [3.63, 3.8) is 0 Å².